The standard InChI is InChI=1S/C22H21N3O3/c1-14-7-15(2)22(16(3)8-14)25-21(26)13-28-19-6-5-17(10-20(19)27-4)9-18(11-23)12-24/h5-10H,13H2,1-4H3,(H,25,26). The number of hydrogen-bond donors (Lipinski definition) is 1. The Morgan fingerprint density at radius 3 is 2.29 bits per heavy atom. The molecule has 2 aromatic rings. The van der Waals surface area contributed by atoms with E-state index in [9.17, 15) is 4.79 Å². The maximum absolute atomic E-state index is 12.3. The first-order valence-electron chi connectivity index (χ1n) is 8.58. The molecule has 0 aliphatic rings. The van der Waals surface area contributed by atoms with Gasteiger partial charge in [-0.2, -0.15) is 10.5 Å². The third kappa shape index (κ3) is 5.12. The number of carbonyl (C=O) groups excluding carboxylic acids is 1. The number of methoxy groups -OCH3 is 1. The molecule has 0 heterocycles. The van der Waals surface area contributed by atoms with Gasteiger partial charge in [-0.1, -0.05) is 23.8 Å². The molecule has 0 aromatic heterocycles. The van der Waals surface area contributed by atoms with Crippen molar-refractivity contribution in [2.24, 2.45) is 0 Å². The lowest BCUT2D eigenvalue weighted by atomic mass is 10.1. The largest absolute Gasteiger partial charge is 0.493 e. The minimum Gasteiger partial charge on any atom is -0.493 e. The number of allylic oxidation sites excluding steroid dienone is 1. The van der Waals surface area contributed by atoms with E-state index in [0.717, 1.165) is 22.4 Å². The van der Waals surface area contributed by atoms with E-state index in [0.29, 0.717) is 17.1 Å². The van der Waals surface area contributed by atoms with Crippen LogP contribution < -0.4 is 14.8 Å². The van der Waals surface area contributed by atoms with Gasteiger partial charge in [0.15, 0.2) is 18.1 Å². The van der Waals surface area contributed by atoms with Crippen LogP contribution in [0.5, 0.6) is 11.5 Å². The van der Waals surface area contributed by atoms with Gasteiger partial charge in [0.25, 0.3) is 5.91 Å². The molecule has 0 atom stereocenters. The maximum atomic E-state index is 12.3. The van der Waals surface area contributed by atoms with Crippen molar-refractivity contribution in [3.05, 3.63) is 58.2 Å². The molecule has 0 saturated carbocycles. The highest BCUT2D eigenvalue weighted by Gasteiger charge is 2.11. The van der Waals surface area contributed by atoms with Crippen molar-refractivity contribution in [1.29, 1.82) is 10.5 Å². The maximum Gasteiger partial charge on any atom is 0.262 e. The van der Waals surface area contributed by atoms with Crippen LogP contribution in [-0.4, -0.2) is 19.6 Å². The van der Waals surface area contributed by atoms with Crippen LogP contribution >= 0.6 is 0 Å². The molecular weight excluding hydrogens is 354 g/mol. The Bertz CT molecular complexity index is 972. The van der Waals surface area contributed by atoms with E-state index in [1.54, 1.807) is 30.3 Å². The van der Waals surface area contributed by atoms with Crippen molar-refractivity contribution in [3.63, 3.8) is 0 Å². The molecule has 0 fully saturated rings. The van der Waals surface area contributed by atoms with Gasteiger partial charge < -0.3 is 14.8 Å². The highest BCUT2D eigenvalue weighted by atomic mass is 16.5. The van der Waals surface area contributed by atoms with Gasteiger partial charge in [-0.25, -0.2) is 0 Å². The van der Waals surface area contributed by atoms with Gasteiger partial charge in [0.2, 0.25) is 0 Å². The summed E-state index contributed by atoms with van der Waals surface area (Å²) in [7, 11) is 1.48. The SMILES string of the molecule is COc1cc(C=C(C#N)C#N)ccc1OCC(=O)Nc1c(C)cc(C)cc1C. The minimum atomic E-state index is -0.280. The molecule has 0 saturated heterocycles. The molecule has 0 aliphatic carbocycles. The summed E-state index contributed by atoms with van der Waals surface area (Å²) >= 11 is 0. The number of nitriles is 2. The number of ether oxygens (including phenoxy) is 2. The summed E-state index contributed by atoms with van der Waals surface area (Å²) in [4.78, 5) is 12.3. The second kappa shape index (κ2) is 9.25. The zero-order chi connectivity index (χ0) is 20.7. The van der Waals surface area contributed by atoms with Gasteiger partial charge in [-0.05, 0) is 55.7 Å². The molecule has 6 nitrogen and oxygen atoms in total. The quantitative estimate of drug-likeness (QED) is 0.768. The molecule has 6 heteroatoms. The van der Waals surface area contributed by atoms with Crippen molar-refractivity contribution < 1.29 is 14.3 Å². The highest BCUT2D eigenvalue weighted by molar-refractivity contribution is 5.93. The number of nitrogens with one attached hydrogen (secondary N) is 1. The Labute approximate surface area is 164 Å². The van der Waals surface area contributed by atoms with Crippen LogP contribution in [0.2, 0.25) is 0 Å². The van der Waals surface area contributed by atoms with Gasteiger partial charge in [0.05, 0.1) is 7.11 Å². The van der Waals surface area contributed by atoms with Crippen molar-refractivity contribution in [3.8, 4) is 23.6 Å². The summed E-state index contributed by atoms with van der Waals surface area (Å²) in [5.41, 5.74) is 4.51. The monoisotopic (exact) mass is 375 g/mol. The third-order valence-corrected chi connectivity index (χ3v) is 4.04. The summed E-state index contributed by atoms with van der Waals surface area (Å²) < 4.78 is 10.9. The molecular formula is C22H21N3O3. The average Bonchev–Trinajstić information content (AvgIpc) is 2.67. The highest BCUT2D eigenvalue weighted by Crippen LogP contribution is 2.29. The van der Waals surface area contributed by atoms with E-state index in [1.807, 2.05) is 32.9 Å². The zero-order valence-corrected chi connectivity index (χ0v) is 16.3. The lowest BCUT2D eigenvalue weighted by molar-refractivity contribution is -0.118. The van der Waals surface area contributed by atoms with Gasteiger partial charge >= 0.3 is 0 Å². The van der Waals surface area contributed by atoms with E-state index in [-0.39, 0.29) is 18.1 Å². The first-order chi connectivity index (χ1) is 13.4. The number of nitrogens with zero attached hydrogens (tertiary/aromatic N) is 2. The molecule has 0 bridgehead atoms. The van der Waals surface area contributed by atoms with Crippen LogP contribution in [0, 0.1) is 43.4 Å². The molecule has 2 rings (SSSR count). The predicted molar refractivity (Wildman–Crippen MR) is 107 cm³/mol. The zero-order valence-electron chi connectivity index (χ0n) is 16.3. The lowest BCUT2D eigenvalue weighted by Gasteiger charge is -2.14. The molecule has 0 radical (unpaired) electrons. The topological polar surface area (TPSA) is 95.1 Å². The van der Waals surface area contributed by atoms with Crippen molar-refractivity contribution >= 4 is 17.7 Å². The van der Waals surface area contributed by atoms with Gasteiger partial charge in [0.1, 0.15) is 17.7 Å². The molecule has 2 aromatic carbocycles. The first-order valence-corrected chi connectivity index (χ1v) is 8.58. The summed E-state index contributed by atoms with van der Waals surface area (Å²) in [5.74, 6) is 0.513. The summed E-state index contributed by atoms with van der Waals surface area (Å²) in [6.07, 6.45) is 1.45. The van der Waals surface area contributed by atoms with Crippen LogP contribution in [0.4, 0.5) is 5.69 Å². The Morgan fingerprint density at radius 2 is 1.71 bits per heavy atom. The number of amides is 1. The lowest BCUT2D eigenvalue weighted by Crippen LogP contribution is -2.21. The summed E-state index contributed by atoms with van der Waals surface area (Å²) in [5, 5.41) is 20.6. The van der Waals surface area contributed by atoms with Crippen LogP contribution in [0.3, 0.4) is 0 Å². The van der Waals surface area contributed by atoms with Crippen molar-refractivity contribution in [2.45, 2.75) is 20.8 Å². The number of rotatable bonds is 6. The van der Waals surface area contributed by atoms with Gasteiger partial charge in [-0.3, -0.25) is 4.79 Å². The third-order valence-electron chi connectivity index (χ3n) is 4.04. The Morgan fingerprint density at radius 1 is 1.07 bits per heavy atom. The predicted octanol–water partition coefficient (Wildman–Crippen LogP) is 4.07. The summed E-state index contributed by atoms with van der Waals surface area (Å²) in [6.45, 7) is 5.72. The van der Waals surface area contributed by atoms with E-state index < -0.39 is 0 Å². The average molecular weight is 375 g/mol. The van der Waals surface area contributed by atoms with Crippen LogP contribution in [0.25, 0.3) is 6.08 Å². The van der Waals surface area contributed by atoms with Crippen molar-refractivity contribution in [2.75, 3.05) is 19.0 Å². The van der Waals surface area contributed by atoms with Gasteiger partial charge in [0, 0.05) is 5.69 Å². The summed E-state index contributed by atoms with van der Waals surface area (Å²) in [6, 6.07) is 12.6. The molecule has 0 spiro atoms. The number of carbonyl (C=O) groups is 1. The van der Waals surface area contributed by atoms with E-state index in [1.165, 1.54) is 13.2 Å². The fourth-order valence-corrected chi connectivity index (χ4v) is 2.85. The second-order valence-electron chi connectivity index (χ2n) is 6.30. The minimum absolute atomic E-state index is 0.0149. The fraction of sp³-hybridized carbons (Fsp3) is 0.227. The molecule has 0 aliphatic heterocycles. The number of benzene rings is 2. The molecule has 28 heavy (non-hydrogen) atoms. The molecule has 1 N–H and O–H groups in total. The number of anilines is 1. The van der Waals surface area contributed by atoms with Crippen LogP contribution in [-0.2, 0) is 4.79 Å². The number of hydrogen-bond acceptors (Lipinski definition) is 5. The Kier molecular flexibility index (Phi) is 6.79. The Hall–Kier alpha value is -3.77. The fourth-order valence-electron chi connectivity index (χ4n) is 2.85. The Balaban J connectivity index is 2.10. The first kappa shape index (κ1) is 20.5. The normalized spacial score (nSPS) is 9.64. The van der Waals surface area contributed by atoms with E-state index in [2.05, 4.69) is 5.32 Å². The van der Waals surface area contributed by atoms with E-state index in [4.69, 9.17) is 20.0 Å². The number of aryl methyl sites for hydroxylation is 3. The molecule has 1 amide bonds. The second-order valence-corrected chi connectivity index (χ2v) is 6.30. The van der Waals surface area contributed by atoms with Gasteiger partial charge in [-0.15, -0.1) is 0 Å². The molecule has 0 unspecified atom stereocenters. The van der Waals surface area contributed by atoms with E-state index >= 15 is 0 Å². The molecule has 142 valence electrons. The van der Waals surface area contributed by atoms with Crippen LogP contribution in [0.1, 0.15) is 22.3 Å². The van der Waals surface area contributed by atoms with Crippen LogP contribution in [0.15, 0.2) is 35.9 Å². The van der Waals surface area contributed by atoms with Crippen molar-refractivity contribution in [1.82, 2.24) is 0 Å². The smallest absolute Gasteiger partial charge is 0.262 e.